The van der Waals surface area contributed by atoms with Crippen LogP contribution in [0.5, 0.6) is 0 Å². The van der Waals surface area contributed by atoms with Crippen molar-refractivity contribution >= 4 is 17.7 Å². The second kappa shape index (κ2) is 27.2. The van der Waals surface area contributed by atoms with Gasteiger partial charge in [-0.2, -0.15) is 0 Å². The van der Waals surface area contributed by atoms with E-state index in [4.69, 9.17) is 9.82 Å². The fourth-order valence-corrected chi connectivity index (χ4v) is 5.50. The van der Waals surface area contributed by atoms with E-state index in [-0.39, 0.29) is 11.2 Å². The van der Waals surface area contributed by atoms with Crippen molar-refractivity contribution in [2.45, 2.75) is 121 Å². The summed E-state index contributed by atoms with van der Waals surface area (Å²) in [5.41, 5.74) is 11.4. The van der Waals surface area contributed by atoms with Crippen LogP contribution >= 0.6 is 0 Å². The van der Waals surface area contributed by atoms with Crippen molar-refractivity contribution in [2.75, 3.05) is 27.7 Å². The average molecular weight is 738 g/mol. The summed E-state index contributed by atoms with van der Waals surface area (Å²) in [5, 5.41) is 4.06. The van der Waals surface area contributed by atoms with E-state index in [1.54, 1.807) is 7.05 Å². The molecule has 0 fully saturated rings. The molecule has 54 heavy (non-hydrogen) atoms. The SMILES string of the molecule is C/C=C(\C=NC)Cc1nccc(-c2ccc3c(c2)CC(=CC(=O)CN(C)C)CCCC3C)n1.C=C=C(C)C1=NOC(C(C)(C)C)=CC=C1.CC.CC.CC. The van der Waals surface area contributed by atoms with Gasteiger partial charge in [0.25, 0.3) is 0 Å². The molecule has 0 bridgehead atoms. The van der Waals surface area contributed by atoms with Crippen LogP contribution in [0.15, 0.2) is 106 Å². The summed E-state index contributed by atoms with van der Waals surface area (Å²) in [6.07, 6.45) is 18.1. The number of fused-ring (bicyclic) bond motifs is 1. The smallest absolute Gasteiger partial charge is 0.169 e. The van der Waals surface area contributed by atoms with Crippen LogP contribution < -0.4 is 0 Å². The number of carbonyl (C=O) groups is 1. The molecule has 0 saturated heterocycles. The summed E-state index contributed by atoms with van der Waals surface area (Å²) in [6.45, 7) is 28.5. The number of hydrogen-bond acceptors (Lipinski definition) is 7. The maximum atomic E-state index is 12.4. The van der Waals surface area contributed by atoms with Gasteiger partial charge in [0.05, 0.1) is 12.2 Å². The largest absolute Gasteiger partial charge is 0.360 e. The first-order valence-electron chi connectivity index (χ1n) is 19.7. The second-order valence-electron chi connectivity index (χ2n) is 13.7. The Morgan fingerprint density at radius 1 is 1.11 bits per heavy atom. The first kappa shape index (κ1) is 49.6. The average Bonchev–Trinajstić information content (AvgIpc) is 3.43. The van der Waals surface area contributed by atoms with Crippen LogP contribution in [0.4, 0.5) is 0 Å². The fourth-order valence-electron chi connectivity index (χ4n) is 5.50. The number of aliphatic imine (C=N–C) groups is 1. The number of carbonyl (C=O) groups excluding carboxylic acids is 1. The number of rotatable bonds is 8. The van der Waals surface area contributed by atoms with E-state index in [9.17, 15) is 4.79 Å². The lowest BCUT2D eigenvalue weighted by Crippen LogP contribution is -2.20. The number of nitrogens with zero attached hydrogens (tertiary/aromatic N) is 5. The zero-order valence-electron chi connectivity index (χ0n) is 36.4. The van der Waals surface area contributed by atoms with Crippen LogP contribution in [0.25, 0.3) is 11.3 Å². The Hall–Kier alpha value is -4.45. The van der Waals surface area contributed by atoms with Crippen LogP contribution in [0.1, 0.15) is 125 Å². The predicted molar refractivity (Wildman–Crippen MR) is 235 cm³/mol. The van der Waals surface area contributed by atoms with E-state index in [1.165, 1.54) is 16.7 Å². The van der Waals surface area contributed by atoms with Gasteiger partial charge >= 0.3 is 0 Å². The minimum atomic E-state index is -0.0327. The molecule has 7 heteroatoms. The molecule has 1 aliphatic carbocycles. The van der Waals surface area contributed by atoms with Crippen LogP contribution in [0.2, 0.25) is 0 Å². The Labute approximate surface area is 329 Å². The molecule has 7 nitrogen and oxygen atoms in total. The molecule has 0 amide bonds. The summed E-state index contributed by atoms with van der Waals surface area (Å²) in [4.78, 5) is 33.2. The van der Waals surface area contributed by atoms with Crippen molar-refractivity contribution in [1.82, 2.24) is 14.9 Å². The molecule has 0 N–H and O–H groups in total. The van der Waals surface area contributed by atoms with Gasteiger partial charge in [-0.1, -0.05) is 111 Å². The van der Waals surface area contributed by atoms with Crippen molar-refractivity contribution in [3.63, 3.8) is 0 Å². The quantitative estimate of drug-likeness (QED) is 0.153. The van der Waals surface area contributed by atoms with Crippen molar-refractivity contribution in [3.05, 3.63) is 113 Å². The third-order valence-electron chi connectivity index (χ3n) is 8.23. The highest BCUT2D eigenvalue weighted by atomic mass is 16.6. The fraction of sp³-hybridized carbons (Fsp3) is 0.489. The van der Waals surface area contributed by atoms with Crippen molar-refractivity contribution < 1.29 is 9.63 Å². The molecule has 0 saturated carbocycles. The van der Waals surface area contributed by atoms with Crippen LogP contribution in [-0.2, 0) is 22.5 Å². The maximum Gasteiger partial charge on any atom is 0.169 e. The molecule has 1 atom stereocenters. The predicted octanol–water partition coefficient (Wildman–Crippen LogP) is 11.9. The Morgan fingerprint density at radius 3 is 2.39 bits per heavy atom. The Kier molecular flexibility index (Phi) is 24.9. The summed E-state index contributed by atoms with van der Waals surface area (Å²) in [5.74, 6) is 2.33. The molecule has 2 aromatic rings. The number of ketones is 1. The number of allylic oxidation sites excluding steroid dienone is 8. The molecular weight excluding hydrogens is 667 g/mol. The molecule has 1 aromatic carbocycles. The van der Waals surface area contributed by atoms with Crippen molar-refractivity contribution in [2.24, 2.45) is 15.6 Å². The van der Waals surface area contributed by atoms with E-state index < -0.39 is 0 Å². The minimum Gasteiger partial charge on any atom is -0.360 e. The van der Waals surface area contributed by atoms with Crippen LogP contribution in [0, 0.1) is 5.41 Å². The minimum absolute atomic E-state index is 0.0327. The molecule has 1 unspecified atom stereocenters. The normalized spacial score (nSPS) is 16.0. The second-order valence-corrected chi connectivity index (χ2v) is 13.7. The number of benzene rings is 1. The van der Waals surface area contributed by atoms with Crippen LogP contribution in [0.3, 0.4) is 0 Å². The Balaban J connectivity index is 0.00000112. The molecule has 0 spiro atoms. The molecule has 4 rings (SSSR count). The zero-order valence-corrected chi connectivity index (χ0v) is 36.4. The van der Waals surface area contributed by atoms with E-state index in [0.717, 1.165) is 65.4 Å². The molecule has 1 aromatic heterocycles. The van der Waals surface area contributed by atoms with Crippen molar-refractivity contribution in [3.8, 4) is 11.3 Å². The van der Waals surface area contributed by atoms with E-state index in [0.29, 0.717) is 18.9 Å². The third kappa shape index (κ3) is 17.6. The van der Waals surface area contributed by atoms with Gasteiger partial charge in [-0.15, -0.1) is 5.73 Å². The van der Waals surface area contributed by atoms with Gasteiger partial charge in [0.2, 0.25) is 0 Å². The molecule has 2 aliphatic rings. The number of oxime groups is 1. The monoisotopic (exact) mass is 738 g/mol. The highest BCUT2D eigenvalue weighted by Gasteiger charge is 2.20. The lowest BCUT2D eigenvalue weighted by atomic mass is 9.83. The molecule has 2 heterocycles. The summed E-state index contributed by atoms with van der Waals surface area (Å²) in [6, 6.07) is 8.66. The molecule has 0 radical (unpaired) electrons. The van der Waals surface area contributed by atoms with Crippen molar-refractivity contribution in [1.29, 1.82) is 0 Å². The van der Waals surface area contributed by atoms with Gasteiger partial charge in [0.1, 0.15) is 17.3 Å². The van der Waals surface area contributed by atoms with Crippen LogP contribution in [-0.4, -0.2) is 60.3 Å². The summed E-state index contributed by atoms with van der Waals surface area (Å²) < 4.78 is 0. The number of aromatic nitrogens is 2. The van der Waals surface area contributed by atoms with E-state index in [1.807, 2.05) is 123 Å². The standard InChI is InChI=1S/C28H36N4O.C13H17NO.3C2H6/c1-6-21(18-29-3)16-28-30-13-12-27(31-28)23-10-11-26-20(2)8-7-9-22(14-24(26)17-23)15-25(33)19-32(4)5;1-6-10(2)11-8-7-9-12(15-14-11)13(3,4)5;3*1-2/h6,10-13,15,17-18,20H,7-9,14,16,19H2,1-5H3;7-9H,1H2,2-5H3;3*1-2H3/b21-6-,22-15?,29-18?;;;;. The first-order chi connectivity index (χ1) is 25.8. The lowest BCUT2D eigenvalue weighted by molar-refractivity contribution is -0.115. The van der Waals surface area contributed by atoms with Gasteiger partial charge in [0, 0.05) is 42.4 Å². The maximum absolute atomic E-state index is 12.4. The zero-order chi connectivity index (χ0) is 41.3. The van der Waals surface area contributed by atoms with E-state index >= 15 is 0 Å². The van der Waals surface area contributed by atoms with Gasteiger partial charge in [0.15, 0.2) is 5.78 Å². The van der Waals surface area contributed by atoms with Gasteiger partial charge in [-0.05, 0) is 107 Å². The first-order valence-corrected chi connectivity index (χ1v) is 19.7. The molecule has 1 aliphatic heterocycles. The van der Waals surface area contributed by atoms with Gasteiger partial charge in [-0.3, -0.25) is 9.79 Å². The summed E-state index contributed by atoms with van der Waals surface area (Å²) in [7, 11) is 5.64. The van der Waals surface area contributed by atoms with E-state index in [2.05, 4.69) is 73.3 Å². The highest BCUT2D eigenvalue weighted by molar-refractivity contribution is 6.07. The third-order valence-corrected chi connectivity index (χ3v) is 8.23. The number of likely N-dealkylation sites (N-methyl/N-ethyl adjacent to an activating group) is 1. The lowest BCUT2D eigenvalue weighted by Gasteiger charge is -2.22. The van der Waals surface area contributed by atoms with Gasteiger partial charge in [-0.25, -0.2) is 9.97 Å². The van der Waals surface area contributed by atoms with Gasteiger partial charge < -0.3 is 9.74 Å². The topological polar surface area (TPSA) is 80.0 Å². The Morgan fingerprint density at radius 2 is 1.80 bits per heavy atom. The molecule has 296 valence electrons. The number of hydrogen-bond donors (Lipinski definition) is 0. The molecular formula is C47H71N5O2. The summed E-state index contributed by atoms with van der Waals surface area (Å²) >= 11 is 0. The highest BCUT2D eigenvalue weighted by Crippen LogP contribution is 2.34. The Bertz CT molecular complexity index is 1680.